The summed E-state index contributed by atoms with van der Waals surface area (Å²) in [4.78, 5) is 30.4. The second-order valence-corrected chi connectivity index (χ2v) is 9.34. The Kier molecular flexibility index (Phi) is 5.07. The third-order valence-electron chi connectivity index (χ3n) is 5.67. The van der Waals surface area contributed by atoms with E-state index < -0.39 is 35.6 Å². The first-order valence-corrected chi connectivity index (χ1v) is 10.9. The Morgan fingerprint density at radius 1 is 1.18 bits per heavy atom. The van der Waals surface area contributed by atoms with Gasteiger partial charge in [0.25, 0.3) is 0 Å². The van der Waals surface area contributed by atoms with Crippen molar-refractivity contribution < 1.29 is 33.0 Å². The number of aromatic nitrogens is 1. The number of para-hydroxylation sites is 1. The molecule has 3 heterocycles. The molecule has 1 aliphatic rings. The molecule has 1 aliphatic heterocycles. The van der Waals surface area contributed by atoms with Gasteiger partial charge in [-0.2, -0.15) is 0 Å². The van der Waals surface area contributed by atoms with Crippen molar-refractivity contribution in [3.63, 3.8) is 0 Å². The number of rotatable bonds is 3. The maximum absolute atomic E-state index is 14.2. The third kappa shape index (κ3) is 3.87. The van der Waals surface area contributed by atoms with Crippen LogP contribution in [0.4, 0.5) is 9.18 Å². The number of benzene rings is 2. The Bertz CT molecular complexity index is 1440. The zero-order chi connectivity index (χ0) is 24.2. The molecule has 1 fully saturated rings. The molecule has 0 saturated carbocycles. The number of pyridine rings is 1. The van der Waals surface area contributed by atoms with Crippen molar-refractivity contribution in [3.05, 3.63) is 48.3 Å². The number of carbonyl (C=O) groups excluding carboxylic acids is 1. The van der Waals surface area contributed by atoms with Crippen LogP contribution in [0.15, 0.2) is 46.9 Å². The van der Waals surface area contributed by atoms with E-state index in [2.05, 4.69) is 4.98 Å². The Balaban J connectivity index is 1.58. The summed E-state index contributed by atoms with van der Waals surface area (Å²) in [6.45, 7) is 5.12. The SMILES string of the molecule is CC(C)(C)OC(=O)N1C[C@H](Oc2c3cc(F)ccc3nc3c2oc2ccccc23)C[C@H]1C(=O)O. The van der Waals surface area contributed by atoms with Gasteiger partial charge in [-0.15, -0.1) is 0 Å². The summed E-state index contributed by atoms with van der Waals surface area (Å²) in [5.41, 5.74) is 1.21. The van der Waals surface area contributed by atoms with E-state index >= 15 is 0 Å². The molecule has 0 aliphatic carbocycles. The molecule has 0 unspecified atom stereocenters. The lowest BCUT2D eigenvalue weighted by molar-refractivity contribution is -0.142. The lowest BCUT2D eigenvalue weighted by Gasteiger charge is -2.26. The topological polar surface area (TPSA) is 102 Å². The van der Waals surface area contributed by atoms with Crippen LogP contribution < -0.4 is 4.74 Å². The summed E-state index contributed by atoms with van der Waals surface area (Å²) in [5, 5.41) is 10.9. The van der Waals surface area contributed by atoms with Crippen molar-refractivity contribution in [2.24, 2.45) is 0 Å². The first-order chi connectivity index (χ1) is 16.1. The largest absolute Gasteiger partial charge is 0.484 e. The van der Waals surface area contributed by atoms with E-state index in [1.165, 1.54) is 12.1 Å². The van der Waals surface area contributed by atoms with E-state index in [-0.39, 0.29) is 18.7 Å². The quantitative estimate of drug-likeness (QED) is 0.447. The van der Waals surface area contributed by atoms with Crippen molar-refractivity contribution in [2.45, 2.75) is 44.9 Å². The van der Waals surface area contributed by atoms with Gasteiger partial charge in [-0.3, -0.25) is 4.90 Å². The smallest absolute Gasteiger partial charge is 0.411 e. The van der Waals surface area contributed by atoms with E-state index in [4.69, 9.17) is 13.9 Å². The average Bonchev–Trinajstić information content (AvgIpc) is 3.35. The van der Waals surface area contributed by atoms with Crippen LogP contribution in [0.1, 0.15) is 27.2 Å². The van der Waals surface area contributed by atoms with Crippen LogP contribution in [0, 0.1) is 5.82 Å². The van der Waals surface area contributed by atoms with Gasteiger partial charge in [-0.1, -0.05) is 12.1 Å². The lowest BCUT2D eigenvalue weighted by Crippen LogP contribution is -2.43. The molecule has 1 N–H and O–H groups in total. The number of carboxylic acids is 1. The van der Waals surface area contributed by atoms with Gasteiger partial charge in [-0.25, -0.2) is 19.0 Å². The summed E-state index contributed by atoms with van der Waals surface area (Å²) >= 11 is 0. The monoisotopic (exact) mass is 466 g/mol. The Morgan fingerprint density at radius 2 is 1.94 bits per heavy atom. The van der Waals surface area contributed by atoms with Crippen molar-refractivity contribution in [2.75, 3.05) is 6.54 Å². The molecule has 2 aromatic carbocycles. The average molecular weight is 466 g/mol. The predicted molar refractivity (Wildman–Crippen MR) is 122 cm³/mol. The number of carboxylic acid groups (broad SMARTS) is 1. The van der Waals surface area contributed by atoms with Gasteiger partial charge in [-0.05, 0) is 51.1 Å². The molecule has 2 atom stereocenters. The summed E-state index contributed by atoms with van der Waals surface area (Å²) in [5.74, 6) is -1.37. The van der Waals surface area contributed by atoms with Crippen LogP contribution in [0.25, 0.3) is 33.0 Å². The molecule has 4 aromatic rings. The fraction of sp³-hybridized carbons (Fsp3) is 0.320. The molecule has 8 nitrogen and oxygen atoms in total. The first kappa shape index (κ1) is 21.9. The Labute approximate surface area is 193 Å². The zero-order valence-electron chi connectivity index (χ0n) is 18.9. The summed E-state index contributed by atoms with van der Waals surface area (Å²) in [6, 6.07) is 10.4. The standard InChI is InChI=1S/C25H23FN2O6/c1-25(2,3)34-24(31)28-12-14(11-18(28)23(29)30)32-21-16-10-13(26)8-9-17(16)27-20-15-6-4-5-7-19(15)33-22(20)21/h4-10,14,18H,11-12H2,1-3H3,(H,29,30)/t14-,18+/m1/s1. The Morgan fingerprint density at radius 3 is 2.68 bits per heavy atom. The van der Waals surface area contributed by atoms with E-state index in [9.17, 15) is 19.1 Å². The number of nitrogens with zero attached hydrogens (tertiary/aromatic N) is 2. The van der Waals surface area contributed by atoms with Crippen LogP contribution in [0.3, 0.4) is 0 Å². The number of hydrogen-bond acceptors (Lipinski definition) is 6. The highest BCUT2D eigenvalue weighted by atomic mass is 19.1. The molecule has 0 bridgehead atoms. The molecule has 2 aromatic heterocycles. The molecule has 5 rings (SSSR count). The highest BCUT2D eigenvalue weighted by Crippen LogP contribution is 2.40. The predicted octanol–water partition coefficient (Wildman–Crippen LogP) is 5.11. The molecule has 0 radical (unpaired) electrons. The van der Waals surface area contributed by atoms with Crippen LogP contribution in [0.5, 0.6) is 5.75 Å². The second kappa shape index (κ2) is 7.86. The summed E-state index contributed by atoms with van der Waals surface area (Å²) in [7, 11) is 0. The number of aliphatic carboxylic acids is 1. The molecule has 1 amide bonds. The number of fused-ring (bicyclic) bond motifs is 4. The number of carbonyl (C=O) groups is 2. The van der Waals surface area contributed by atoms with Gasteiger partial charge in [0.1, 0.15) is 34.7 Å². The van der Waals surface area contributed by atoms with E-state index in [0.29, 0.717) is 27.6 Å². The molecule has 9 heteroatoms. The summed E-state index contributed by atoms with van der Waals surface area (Å²) < 4.78 is 31.8. The van der Waals surface area contributed by atoms with E-state index in [1.807, 2.05) is 18.2 Å². The van der Waals surface area contributed by atoms with Crippen molar-refractivity contribution in [1.82, 2.24) is 9.88 Å². The number of hydrogen-bond donors (Lipinski definition) is 1. The van der Waals surface area contributed by atoms with Gasteiger partial charge in [0.2, 0.25) is 0 Å². The molecule has 0 spiro atoms. The minimum atomic E-state index is -1.16. The molecule has 34 heavy (non-hydrogen) atoms. The highest BCUT2D eigenvalue weighted by molar-refractivity contribution is 6.10. The Hall–Kier alpha value is -3.88. The highest BCUT2D eigenvalue weighted by Gasteiger charge is 2.43. The number of halogens is 1. The molecule has 1 saturated heterocycles. The van der Waals surface area contributed by atoms with E-state index in [1.54, 1.807) is 32.9 Å². The number of ether oxygens (including phenoxy) is 2. The van der Waals surface area contributed by atoms with Gasteiger partial charge < -0.3 is 19.0 Å². The number of likely N-dealkylation sites (tertiary alicyclic amines) is 1. The van der Waals surface area contributed by atoms with Crippen LogP contribution in [-0.2, 0) is 9.53 Å². The molecular weight excluding hydrogens is 443 g/mol. The minimum Gasteiger partial charge on any atom is -0.484 e. The van der Waals surface area contributed by atoms with Gasteiger partial charge >= 0.3 is 12.1 Å². The fourth-order valence-corrected chi connectivity index (χ4v) is 4.25. The van der Waals surface area contributed by atoms with Gasteiger partial charge in [0, 0.05) is 17.2 Å². The van der Waals surface area contributed by atoms with Crippen LogP contribution in [-0.4, -0.2) is 51.3 Å². The first-order valence-electron chi connectivity index (χ1n) is 10.9. The van der Waals surface area contributed by atoms with Gasteiger partial charge in [0.15, 0.2) is 11.3 Å². The normalized spacial score (nSPS) is 18.6. The van der Waals surface area contributed by atoms with Crippen molar-refractivity contribution in [3.8, 4) is 5.75 Å². The van der Waals surface area contributed by atoms with Crippen molar-refractivity contribution in [1.29, 1.82) is 0 Å². The van der Waals surface area contributed by atoms with Gasteiger partial charge in [0.05, 0.1) is 12.1 Å². The lowest BCUT2D eigenvalue weighted by atomic mass is 10.1. The fourth-order valence-electron chi connectivity index (χ4n) is 4.25. The maximum Gasteiger partial charge on any atom is 0.411 e. The van der Waals surface area contributed by atoms with Crippen LogP contribution >= 0.6 is 0 Å². The third-order valence-corrected chi connectivity index (χ3v) is 5.67. The van der Waals surface area contributed by atoms with Crippen molar-refractivity contribution >= 4 is 45.0 Å². The zero-order valence-corrected chi connectivity index (χ0v) is 18.9. The number of amides is 1. The second-order valence-electron chi connectivity index (χ2n) is 9.34. The maximum atomic E-state index is 14.2. The van der Waals surface area contributed by atoms with Crippen LogP contribution in [0.2, 0.25) is 0 Å². The minimum absolute atomic E-state index is 0.00721. The van der Waals surface area contributed by atoms with E-state index in [0.717, 1.165) is 10.3 Å². The summed E-state index contributed by atoms with van der Waals surface area (Å²) in [6.07, 6.45) is -1.38. The molecular formula is C25H23FN2O6. The number of furan rings is 1. The molecule has 176 valence electrons.